The third-order valence-electron chi connectivity index (χ3n) is 5.02. The van der Waals surface area contributed by atoms with Gasteiger partial charge in [0.05, 0.1) is 17.0 Å². The molecule has 2 aromatic rings. The Hall–Kier alpha value is -3.83. The van der Waals surface area contributed by atoms with Crippen molar-refractivity contribution >= 4 is 28.9 Å². The highest BCUT2D eigenvalue weighted by Gasteiger charge is 2.33. The topological polar surface area (TPSA) is 117 Å². The molecule has 12 heteroatoms. The summed E-state index contributed by atoms with van der Waals surface area (Å²) < 4.78 is 38.3. The zero-order valence-corrected chi connectivity index (χ0v) is 17.4. The first-order chi connectivity index (χ1) is 15.6. The Labute approximate surface area is 187 Å². The Bertz CT molecular complexity index is 1030. The molecule has 3 N–H and O–H groups in total. The molecule has 1 aliphatic heterocycles. The third kappa shape index (κ3) is 6.57. The summed E-state index contributed by atoms with van der Waals surface area (Å²) in [7, 11) is 0. The summed E-state index contributed by atoms with van der Waals surface area (Å²) >= 11 is 0. The molecular formula is C21H22F3N5O4. The van der Waals surface area contributed by atoms with Crippen LogP contribution in [-0.4, -0.2) is 42.9 Å². The molecule has 0 unspecified atom stereocenters. The van der Waals surface area contributed by atoms with Crippen LogP contribution in [0.1, 0.15) is 17.5 Å². The first-order valence-corrected chi connectivity index (χ1v) is 10.1. The van der Waals surface area contributed by atoms with Crippen molar-refractivity contribution in [2.24, 2.45) is 0 Å². The summed E-state index contributed by atoms with van der Waals surface area (Å²) in [6, 6.07) is 9.60. The average molecular weight is 465 g/mol. The first kappa shape index (κ1) is 23.8. The summed E-state index contributed by atoms with van der Waals surface area (Å²) in [5, 5.41) is 19.2. The van der Waals surface area contributed by atoms with Crippen LogP contribution in [0.5, 0.6) is 0 Å². The third-order valence-corrected chi connectivity index (χ3v) is 5.02. The van der Waals surface area contributed by atoms with Crippen molar-refractivity contribution in [3.63, 3.8) is 0 Å². The second-order valence-corrected chi connectivity index (χ2v) is 7.38. The van der Waals surface area contributed by atoms with Gasteiger partial charge in [-0.05, 0) is 29.8 Å². The van der Waals surface area contributed by atoms with E-state index in [4.69, 9.17) is 0 Å². The number of alkyl halides is 3. The smallest absolute Gasteiger partial charge is 0.379 e. The van der Waals surface area contributed by atoms with E-state index in [0.717, 1.165) is 23.4 Å². The maximum Gasteiger partial charge on any atom is 0.416 e. The molecule has 176 valence electrons. The second-order valence-electron chi connectivity index (χ2n) is 7.38. The number of nitro benzene ring substituents is 1. The van der Waals surface area contributed by atoms with Gasteiger partial charge in [0.15, 0.2) is 0 Å². The number of nitrogens with one attached hydrogen (secondary N) is 3. The van der Waals surface area contributed by atoms with E-state index >= 15 is 0 Å². The van der Waals surface area contributed by atoms with Gasteiger partial charge < -0.3 is 20.9 Å². The molecule has 0 aromatic heterocycles. The summed E-state index contributed by atoms with van der Waals surface area (Å²) in [5.74, 6) is -0.360. The van der Waals surface area contributed by atoms with Crippen molar-refractivity contribution in [3.8, 4) is 0 Å². The van der Waals surface area contributed by atoms with Gasteiger partial charge in [0.25, 0.3) is 5.69 Å². The fraction of sp³-hybridized carbons (Fsp3) is 0.333. The number of halogens is 3. The van der Waals surface area contributed by atoms with Crippen molar-refractivity contribution in [2.75, 3.05) is 36.4 Å². The van der Waals surface area contributed by atoms with E-state index in [0.29, 0.717) is 25.7 Å². The van der Waals surface area contributed by atoms with E-state index in [9.17, 15) is 32.9 Å². The number of hydrogen-bond acceptors (Lipinski definition) is 6. The molecule has 3 rings (SSSR count). The Morgan fingerprint density at radius 2 is 1.91 bits per heavy atom. The van der Waals surface area contributed by atoms with Crippen LogP contribution in [0.15, 0.2) is 42.5 Å². The lowest BCUT2D eigenvalue weighted by Gasteiger charge is -2.28. The molecule has 1 aliphatic rings. The summed E-state index contributed by atoms with van der Waals surface area (Å²) in [6.45, 7) is 1.86. The number of nitro groups is 1. The van der Waals surface area contributed by atoms with E-state index in [2.05, 4.69) is 16.0 Å². The number of nitrogens with zero attached hydrogens (tertiary/aromatic N) is 2. The summed E-state index contributed by atoms with van der Waals surface area (Å²) in [4.78, 5) is 35.7. The van der Waals surface area contributed by atoms with Crippen LogP contribution in [-0.2, 0) is 22.3 Å². The van der Waals surface area contributed by atoms with E-state index in [-0.39, 0.29) is 37.0 Å². The number of benzene rings is 2. The first-order valence-electron chi connectivity index (χ1n) is 10.1. The fourth-order valence-electron chi connectivity index (χ4n) is 3.29. The molecule has 0 radical (unpaired) electrons. The molecule has 2 amide bonds. The molecule has 0 saturated carbocycles. The zero-order chi connectivity index (χ0) is 24.0. The molecule has 1 heterocycles. The van der Waals surface area contributed by atoms with Gasteiger partial charge in [0.1, 0.15) is 5.69 Å². The number of rotatable bonds is 8. The average Bonchev–Trinajstić information content (AvgIpc) is 2.77. The summed E-state index contributed by atoms with van der Waals surface area (Å²) in [6.07, 6.45) is -4.72. The van der Waals surface area contributed by atoms with Crippen LogP contribution in [0.3, 0.4) is 0 Å². The lowest BCUT2D eigenvalue weighted by Crippen LogP contribution is -2.47. The van der Waals surface area contributed by atoms with Crippen LogP contribution in [0.4, 0.5) is 30.2 Å². The molecule has 0 atom stereocenters. The normalized spacial score (nSPS) is 13.9. The highest BCUT2D eigenvalue weighted by molar-refractivity contribution is 5.82. The van der Waals surface area contributed by atoms with Crippen molar-refractivity contribution < 1.29 is 27.7 Å². The number of hydrogen-bond donors (Lipinski definition) is 3. The molecule has 33 heavy (non-hydrogen) atoms. The van der Waals surface area contributed by atoms with Crippen molar-refractivity contribution in [3.05, 3.63) is 63.7 Å². The van der Waals surface area contributed by atoms with Crippen molar-refractivity contribution in [1.29, 1.82) is 0 Å². The molecule has 2 aromatic carbocycles. The van der Waals surface area contributed by atoms with Gasteiger partial charge in [-0.25, -0.2) is 0 Å². The predicted molar refractivity (Wildman–Crippen MR) is 115 cm³/mol. The van der Waals surface area contributed by atoms with Crippen LogP contribution >= 0.6 is 0 Å². The number of carbonyl (C=O) groups excluding carboxylic acids is 2. The van der Waals surface area contributed by atoms with Crippen molar-refractivity contribution in [1.82, 2.24) is 10.6 Å². The number of anilines is 2. The van der Waals surface area contributed by atoms with Gasteiger partial charge in [-0.15, -0.1) is 0 Å². The van der Waals surface area contributed by atoms with E-state index in [1.165, 1.54) is 0 Å². The molecule has 1 fully saturated rings. The minimum atomic E-state index is -4.69. The fourth-order valence-corrected chi connectivity index (χ4v) is 3.29. The lowest BCUT2D eigenvalue weighted by atomic mass is 10.1. The largest absolute Gasteiger partial charge is 0.416 e. The predicted octanol–water partition coefficient (Wildman–Crippen LogP) is 2.67. The molecule has 9 nitrogen and oxygen atoms in total. The van der Waals surface area contributed by atoms with Crippen LogP contribution in [0, 0.1) is 10.1 Å². The number of amides is 2. The summed E-state index contributed by atoms with van der Waals surface area (Å²) in [5.41, 5.74) is -0.173. The Morgan fingerprint density at radius 3 is 2.55 bits per heavy atom. The van der Waals surface area contributed by atoms with Gasteiger partial charge in [-0.2, -0.15) is 13.2 Å². The van der Waals surface area contributed by atoms with E-state index in [1.54, 1.807) is 0 Å². The standard InChI is InChI=1S/C21H22F3N5O4/c22-21(23,24)15-3-6-17(18(11-15)29(32)33)25-8-7-19(30)27-12-14-1-4-16(5-2-14)28-10-9-26-20(31)13-28/h1-6,11,25H,7-10,12-13H2,(H,26,31)(H,27,30). The van der Waals surface area contributed by atoms with Crippen molar-refractivity contribution in [2.45, 2.75) is 19.1 Å². The molecule has 0 spiro atoms. The highest BCUT2D eigenvalue weighted by atomic mass is 19.4. The molecule has 0 bridgehead atoms. The quantitative estimate of drug-likeness (QED) is 0.408. The van der Waals surface area contributed by atoms with Gasteiger partial charge in [-0.1, -0.05) is 12.1 Å². The molecule has 0 aliphatic carbocycles. The second kappa shape index (κ2) is 10.2. The minimum Gasteiger partial charge on any atom is -0.379 e. The highest BCUT2D eigenvalue weighted by Crippen LogP contribution is 2.34. The van der Waals surface area contributed by atoms with Gasteiger partial charge in [-0.3, -0.25) is 19.7 Å². The molecule has 1 saturated heterocycles. The minimum absolute atomic E-state index is 0.00794. The Balaban J connectivity index is 1.47. The SMILES string of the molecule is O=C(CCNc1ccc(C(F)(F)F)cc1[N+](=O)[O-])NCc1ccc(N2CCNC(=O)C2)cc1. The van der Waals surface area contributed by atoms with Gasteiger partial charge in [0.2, 0.25) is 11.8 Å². The van der Waals surface area contributed by atoms with Gasteiger partial charge >= 0.3 is 6.18 Å². The van der Waals surface area contributed by atoms with Gasteiger partial charge in [0, 0.05) is 44.4 Å². The molecular weight excluding hydrogens is 443 g/mol. The number of piperazine rings is 1. The maximum atomic E-state index is 12.8. The maximum absolute atomic E-state index is 12.8. The zero-order valence-electron chi connectivity index (χ0n) is 17.4. The van der Waals surface area contributed by atoms with Crippen LogP contribution in [0.2, 0.25) is 0 Å². The van der Waals surface area contributed by atoms with E-state index < -0.39 is 22.4 Å². The lowest BCUT2D eigenvalue weighted by molar-refractivity contribution is -0.384. The van der Waals surface area contributed by atoms with Crippen LogP contribution in [0.25, 0.3) is 0 Å². The Morgan fingerprint density at radius 1 is 1.18 bits per heavy atom. The van der Waals surface area contributed by atoms with E-state index in [1.807, 2.05) is 29.2 Å². The Kier molecular flexibility index (Phi) is 7.36. The number of carbonyl (C=O) groups is 2. The van der Waals surface area contributed by atoms with Crippen LogP contribution < -0.4 is 20.9 Å². The monoisotopic (exact) mass is 465 g/mol.